The average molecular weight is 272 g/mol. The number of halogens is 1. The molecule has 2 heterocycles. The summed E-state index contributed by atoms with van der Waals surface area (Å²) in [6.45, 7) is 3.27. The average Bonchev–Trinajstić information content (AvgIpc) is 3.04. The summed E-state index contributed by atoms with van der Waals surface area (Å²) in [4.78, 5) is 4.56. The molecule has 1 aromatic carbocycles. The summed E-state index contributed by atoms with van der Waals surface area (Å²) in [6, 6.07) is 6.78. The van der Waals surface area contributed by atoms with Gasteiger partial charge in [0.05, 0.1) is 6.04 Å². The molecule has 0 bridgehead atoms. The van der Waals surface area contributed by atoms with Crippen molar-refractivity contribution in [3.8, 4) is 11.4 Å². The van der Waals surface area contributed by atoms with Crippen molar-refractivity contribution in [2.24, 2.45) is 5.41 Å². The molecule has 1 fully saturated rings. The SMILES string of the molecule is CC1(C2CCNc3nc(-c4ccc(F)cc4)nn32)CC1. The van der Waals surface area contributed by atoms with E-state index >= 15 is 0 Å². The molecule has 1 atom stereocenters. The lowest BCUT2D eigenvalue weighted by Gasteiger charge is -2.29. The number of anilines is 1. The van der Waals surface area contributed by atoms with E-state index in [9.17, 15) is 4.39 Å². The number of rotatable bonds is 2. The molecule has 1 aliphatic heterocycles. The molecule has 4 nitrogen and oxygen atoms in total. The van der Waals surface area contributed by atoms with Gasteiger partial charge in [-0.1, -0.05) is 6.92 Å². The van der Waals surface area contributed by atoms with Crippen LogP contribution in [0.1, 0.15) is 32.2 Å². The number of nitrogens with one attached hydrogen (secondary N) is 1. The highest BCUT2D eigenvalue weighted by Crippen LogP contribution is 2.56. The zero-order valence-electron chi connectivity index (χ0n) is 11.4. The number of nitrogens with zero attached hydrogens (tertiary/aromatic N) is 3. The fraction of sp³-hybridized carbons (Fsp3) is 0.467. The van der Waals surface area contributed by atoms with E-state index in [1.807, 2.05) is 4.68 Å². The Bertz CT molecular complexity index is 642. The second kappa shape index (κ2) is 4.04. The lowest BCUT2D eigenvalue weighted by molar-refractivity contribution is 0.284. The molecule has 0 saturated heterocycles. The van der Waals surface area contributed by atoms with Crippen LogP contribution in [0.3, 0.4) is 0 Å². The first-order valence-electron chi connectivity index (χ1n) is 7.12. The summed E-state index contributed by atoms with van der Waals surface area (Å²) >= 11 is 0. The fourth-order valence-corrected chi connectivity index (χ4v) is 3.00. The van der Waals surface area contributed by atoms with Crippen LogP contribution >= 0.6 is 0 Å². The fourth-order valence-electron chi connectivity index (χ4n) is 3.00. The van der Waals surface area contributed by atoms with Crippen LogP contribution in [0.15, 0.2) is 24.3 Å². The molecule has 5 heteroatoms. The van der Waals surface area contributed by atoms with Gasteiger partial charge in [-0.05, 0) is 48.9 Å². The van der Waals surface area contributed by atoms with Gasteiger partial charge in [-0.3, -0.25) is 0 Å². The van der Waals surface area contributed by atoms with Gasteiger partial charge < -0.3 is 5.32 Å². The molecule has 0 amide bonds. The van der Waals surface area contributed by atoms with E-state index in [1.165, 1.54) is 25.0 Å². The van der Waals surface area contributed by atoms with Crippen molar-refractivity contribution in [2.75, 3.05) is 11.9 Å². The summed E-state index contributed by atoms with van der Waals surface area (Å²) in [7, 11) is 0. The van der Waals surface area contributed by atoms with Crippen molar-refractivity contribution in [2.45, 2.75) is 32.2 Å². The van der Waals surface area contributed by atoms with Crippen LogP contribution < -0.4 is 5.32 Å². The Hall–Kier alpha value is -1.91. The third-order valence-electron chi connectivity index (χ3n) is 4.57. The van der Waals surface area contributed by atoms with E-state index in [0.29, 0.717) is 17.3 Å². The van der Waals surface area contributed by atoms with Crippen molar-refractivity contribution in [3.63, 3.8) is 0 Å². The Labute approximate surface area is 117 Å². The van der Waals surface area contributed by atoms with Crippen LogP contribution in [0.5, 0.6) is 0 Å². The minimum absolute atomic E-state index is 0.237. The van der Waals surface area contributed by atoms with Crippen molar-refractivity contribution in [1.82, 2.24) is 14.8 Å². The molecule has 1 aliphatic carbocycles. The minimum atomic E-state index is -0.237. The highest BCUT2D eigenvalue weighted by atomic mass is 19.1. The molecule has 2 aromatic rings. The smallest absolute Gasteiger partial charge is 0.221 e. The molecule has 2 aliphatic rings. The summed E-state index contributed by atoms with van der Waals surface area (Å²) in [5, 5.41) is 7.97. The van der Waals surface area contributed by atoms with Gasteiger partial charge in [0.2, 0.25) is 5.95 Å². The number of benzene rings is 1. The van der Waals surface area contributed by atoms with Crippen LogP contribution in [0.4, 0.5) is 10.3 Å². The molecule has 0 radical (unpaired) electrons. The summed E-state index contributed by atoms with van der Waals surface area (Å²) in [5.74, 6) is 1.27. The van der Waals surface area contributed by atoms with Crippen molar-refractivity contribution in [3.05, 3.63) is 30.1 Å². The largest absolute Gasteiger partial charge is 0.354 e. The Morgan fingerprint density at radius 2 is 2.05 bits per heavy atom. The summed E-state index contributed by atoms with van der Waals surface area (Å²) in [5.41, 5.74) is 1.24. The van der Waals surface area contributed by atoms with E-state index in [2.05, 4.69) is 22.3 Å². The lowest BCUT2D eigenvalue weighted by Crippen LogP contribution is -2.29. The maximum Gasteiger partial charge on any atom is 0.221 e. The monoisotopic (exact) mass is 272 g/mol. The van der Waals surface area contributed by atoms with E-state index in [-0.39, 0.29) is 5.82 Å². The number of fused-ring (bicyclic) bond motifs is 1. The zero-order valence-corrected chi connectivity index (χ0v) is 11.4. The molecule has 1 N–H and O–H groups in total. The molecule has 1 unspecified atom stereocenters. The minimum Gasteiger partial charge on any atom is -0.354 e. The maximum absolute atomic E-state index is 13.0. The molecule has 1 saturated carbocycles. The third-order valence-corrected chi connectivity index (χ3v) is 4.57. The standard InChI is InChI=1S/C15H17FN4/c1-15(7-8-15)12-6-9-17-14-18-13(19-20(12)14)10-2-4-11(16)5-3-10/h2-5,12H,6-9H2,1H3,(H,17,18,19). The molecule has 20 heavy (non-hydrogen) atoms. The predicted molar refractivity (Wildman–Crippen MR) is 74.9 cm³/mol. The van der Waals surface area contributed by atoms with Gasteiger partial charge in [0.25, 0.3) is 0 Å². The molecular weight excluding hydrogens is 255 g/mol. The Balaban J connectivity index is 1.74. The number of aromatic nitrogens is 3. The second-order valence-corrected chi connectivity index (χ2v) is 6.10. The van der Waals surface area contributed by atoms with Crippen LogP contribution in [0, 0.1) is 11.2 Å². The van der Waals surface area contributed by atoms with Crippen molar-refractivity contribution >= 4 is 5.95 Å². The van der Waals surface area contributed by atoms with Gasteiger partial charge in [-0.25, -0.2) is 9.07 Å². The number of hydrogen-bond donors (Lipinski definition) is 1. The highest BCUT2D eigenvalue weighted by molar-refractivity contribution is 5.56. The molecule has 0 spiro atoms. The second-order valence-electron chi connectivity index (χ2n) is 6.10. The van der Waals surface area contributed by atoms with Crippen molar-refractivity contribution in [1.29, 1.82) is 0 Å². The lowest BCUT2D eigenvalue weighted by atomic mass is 9.95. The topological polar surface area (TPSA) is 42.7 Å². The quantitative estimate of drug-likeness (QED) is 0.912. The van der Waals surface area contributed by atoms with E-state index < -0.39 is 0 Å². The van der Waals surface area contributed by atoms with Gasteiger partial charge in [0.1, 0.15) is 5.82 Å². The summed E-state index contributed by atoms with van der Waals surface area (Å²) in [6.07, 6.45) is 3.63. The Morgan fingerprint density at radius 3 is 2.75 bits per heavy atom. The number of hydrogen-bond acceptors (Lipinski definition) is 3. The van der Waals surface area contributed by atoms with Gasteiger partial charge in [0, 0.05) is 12.1 Å². The van der Waals surface area contributed by atoms with Gasteiger partial charge in [0.15, 0.2) is 5.82 Å². The maximum atomic E-state index is 13.0. The first kappa shape index (κ1) is 11.9. The summed E-state index contributed by atoms with van der Waals surface area (Å²) < 4.78 is 15.0. The van der Waals surface area contributed by atoms with E-state index in [0.717, 1.165) is 24.5 Å². The molecular formula is C15H17FN4. The Morgan fingerprint density at radius 1 is 1.30 bits per heavy atom. The molecule has 104 valence electrons. The van der Waals surface area contributed by atoms with Gasteiger partial charge in [-0.2, -0.15) is 4.98 Å². The van der Waals surface area contributed by atoms with E-state index in [4.69, 9.17) is 0 Å². The van der Waals surface area contributed by atoms with Crippen LogP contribution in [-0.4, -0.2) is 21.3 Å². The van der Waals surface area contributed by atoms with Crippen LogP contribution in [0.25, 0.3) is 11.4 Å². The van der Waals surface area contributed by atoms with Crippen LogP contribution in [0.2, 0.25) is 0 Å². The molecule has 1 aromatic heterocycles. The zero-order chi connectivity index (χ0) is 13.7. The van der Waals surface area contributed by atoms with Crippen LogP contribution in [-0.2, 0) is 0 Å². The Kier molecular flexibility index (Phi) is 2.40. The normalized spacial score (nSPS) is 23.0. The first-order chi connectivity index (χ1) is 9.66. The van der Waals surface area contributed by atoms with Gasteiger partial charge >= 0.3 is 0 Å². The van der Waals surface area contributed by atoms with Crippen molar-refractivity contribution < 1.29 is 4.39 Å². The third kappa shape index (κ3) is 1.80. The first-order valence-corrected chi connectivity index (χ1v) is 7.12. The predicted octanol–water partition coefficient (Wildman–Crippen LogP) is 3.24. The highest BCUT2D eigenvalue weighted by Gasteiger charge is 2.47. The van der Waals surface area contributed by atoms with E-state index in [1.54, 1.807) is 12.1 Å². The van der Waals surface area contributed by atoms with Gasteiger partial charge in [-0.15, -0.1) is 5.10 Å². The molecule has 4 rings (SSSR count).